The molecule has 3 rings (SSSR count). The highest BCUT2D eigenvalue weighted by Crippen LogP contribution is 2.34. The maximum atomic E-state index is 12.4. The Hall–Kier alpha value is -2.40. The van der Waals surface area contributed by atoms with Crippen molar-refractivity contribution in [3.63, 3.8) is 0 Å². The standard InChI is InChI=1S/C18H20N2O3/c1-23-16-6-4-15(5-7-16)18(22)8-11-20(12-9-18)17(21)14-3-2-10-19-13-14/h2-7,10,13,22H,8-9,11-12H2,1H3. The van der Waals surface area contributed by atoms with E-state index in [1.54, 1.807) is 36.5 Å². The highest BCUT2D eigenvalue weighted by Gasteiger charge is 2.35. The lowest BCUT2D eigenvalue weighted by Gasteiger charge is -2.38. The maximum Gasteiger partial charge on any atom is 0.255 e. The van der Waals surface area contributed by atoms with Crippen molar-refractivity contribution in [2.24, 2.45) is 0 Å². The van der Waals surface area contributed by atoms with Gasteiger partial charge in [-0.05, 0) is 42.7 Å². The van der Waals surface area contributed by atoms with E-state index in [4.69, 9.17) is 4.74 Å². The Balaban J connectivity index is 1.68. The number of methoxy groups -OCH3 is 1. The zero-order valence-corrected chi connectivity index (χ0v) is 13.1. The van der Waals surface area contributed by atoms with Crippen molar-refractivity contribution in [1.82, 2.24) is 9.88 Å². The van der Waals surface area contributed by atoms with E-state index in [0.29, 0.717) is 31.5 Å². The number of hydrogen-bond acceptors (Lipinski definition) is 4. The molecule has 2 aromatic rings. The molecule has 0 bridgehead atoms. The smallest absolute Gasteiger partial charge is 0.255 e. The number of likely N-dealkylation sites (tertiary alicyclic amines) is 1. The lowest BCUT2D eigenvalue weighted by atomic mass is 9.84. The highest BCUT2D eigenvalue weighted by atomic mass is 16.5. The van der Waals surface area contributed by atoms with Gasteiger partial charge in [0.15, 0.2) is 0 Å². The number of aliphatic hydroxyl groups is 1. The number of rotatable bonds is 3. The fourth-order valence-electron chi connectivity index (χ4n) is 2.94. The first-order valence-electron chi connectivity index (χ1n) is 7.69. The minimum atomic E-state index is -0.891. The molecule has 0 radical (unpaired) electrons. The Morgan fingerprint density at radius 3 is 2.48 bits per heavy atom. The van der Waals surface area contributed by atoms with Gasteiger partial charge < -0.3 is 14.7 Å². The van der Waals surface area contributed by atoms with Gasteiger partial charge in [0.05, 0.1) is 18.3 Å². The molecule has 5 heteroatoms. The second kappa shape index (κ2) is 6.38. The van der Waals surface area contributed by atoms with Crippen molar-refractivity contribution < 1.29 is 14.6 Å². The van der Waals surface area contributed by atoms with Crippen LogP contribution in [0.25, 0.3) is 0 Å². The van der Waals surface area contributed by atoms with Crippen LogP contribution in [0.3, 0.4) is 0 Å². The molecular weight excluding hydrogens is 292 g/mol. The van der Waals surface area contributed by atoms with E-state index < -0.39 is 5.60 Å². The molecule has 1 N–H and O–H groups in total. The van der Waals surface area contributed by atoms with Crippen LogP contribution < -0.4 is 4.74 Å². The topological polar surface area (TPSA) is 62.7 Å². The van der Waals surface area contributed by atoms with Crippen molar-refractivity contribution >= 4 is 5.91 Å². The van der Waals surface area contributed by atoms with E-state index in [9.17, 15) is 9.90 Å². The van der Waals surface area contributed by atoms with Crippen molar-refractivity contribution in [2.75, 3.05) is 20.2 Å². The van der Waals surface area contributed by atoms with E-state index in [0.717, 1.165) is 11.3 Å². The molecule has 0 aliphatic carbocycles. The van der Waals surface area contributed by atoms with Gasteiger partial charge in [0.2, 0.25) is 0 Å². The molecule has 1 aliphatic heterocycles. The summed E-state index contributed by atoms with van der Waals surface area (Å²) in [6.07, 6.45) is 4.26. The lowest BCUT2D eigenvalue weighted by molar-refractivity contribution is -0.0211. The zero-order valence-electron chi connectivity index (χ0n) is 13.1. The first-order chi connectivity index (χ1) is 11.1. The number of aromatic nitrogens is 1. The monoisotopic (exact) mass is 312 g/mol. The van der Waals surface area contributed by atoms with Gasteiger partial charge in [-0.3, -0.25) is 9.78 Å². The summed E-state index contributed by atoms with van der Waals surface area (Å²) in [6, 6.07) is 11.0. The van der Waals surface area contributed by atoms with Crippen LogP contribution in [0.5, 0.6) is 5.75 Å². The van der Waals surface area contributed by atoms with E-state index in [-0.39, 0.29) is 5.91 Å². The largest absolute Gasteiger partial charge is 0.497 e. The van der Waals surface area contributed by atoms with Crippen LogP contribution in [0.4, 0.5) is 0 Å². The Labute approximate surface area is 135 Å². The van der Waals surface area contributed by atoms with E-state index >= 15 is 0 Å². The predicted octanol–water partition coefficient (Wildman–Crippen LogP) is 2.21. The van der Waals surface area contributed by atoms with Crippen molar-refractivity contribution in [1.29, 1.82) is 0 Å². The number of hydrogen-bond donors (Lipinski definition) is 1. The number of ether oxygens (including phenoxy) is 1. The minimum absolute atomic E-state index is 0.0325. The molecule has 0 spiro atoms. The highest BCUT2D eigenvalue weighted by molar-refractivity contribution is 5.93. The molecule has 2 heterocycles. The third-order valence-electron chi connectivity index (χ3n) is 4.41. The van der Waals surface area contributed by atoms with Gasteiger partial charge in [0.1, 0.15) is 5.75 Å². The molecular formula is C18H20N2O3. The zero-order chi connectivity index (χ0) is 16.3. The summed E-state index contributed by atoms with van der Waals surface area (Å²) in [5.74, 6) is 0.733. The number of carbonyl (C=O) groups is 1. The second-order valence-electron chi connectivity index (χ2n) is 5.79. The summed E-state index contributed by atoms with van der Waals surface area (Å²) in [5, 5.41) is 10.9. The van der Waals surface area contributed by atoms with Crippen molar-refractivity contribution in [3.05, 3.63) is 59.9 Å². The predicted molar refractivity (Wildman–Crippen MR) is 86.3 cm³/mol. The van der Waals surface area contributed by atoms with Crippen LogP contribution in [0, 0.1) is 0 Å². The van der Waals surface area contributed by atoms with Gasteiger partial charge >= 0.3 is 0 Å². The van der Waals surface area contributed by atoms with E-state index in [1.807, 2.05) is 24.3 Å². The van der Waals surface area contributed by atoms with Gasteiger partial charge in [-0.15, -0.1) is 0 Å². The van der Waals surface area contributed by atoms with Crippen LogP contribution in [0.15, 0.2) is 48.8 Å². The van der Waals surface area contributed by atoms with Gasteiger partial charge in [0.25, 0.3) is 5.91 Å². The van der Waals surface area contributed by atoms with Gasteiger partial charge in [0, 0.05) is 25.5 Å². The first-order valence-corrected chi connectivity index (χ1v) is 7.69. The average Bonchev–Trinajstić information content (AvgIpc) is 2.62. The number of amides is 1. The molecule has 1 aromatic carbocycles. The lowest BCUT2D eigenvalue weighted by Crippen LogP contribution is -2.45. The van der Waals surface area contributed by atoms with E-state index in [2.05, 4.69) is 4.98 Å². The second-order valence-corrected chi connectivity index (χ2v) is 5.79. The van der Waals surface area contributed by atoms with Gasteiger partial charge in [-0.1, -0.05) is 12.1 Å². The van der Waals surface area contributed by atoms with Crippen LogP contribution in [0.1, 0.15) is 28.8 Å². The summed E-state index contributed by atoms with van der Waals surface area (Å²) in [6.45, 7) is 1.05. The molecule has 120 valence electrons. The number of carbonyl (C=O) groups excluding carboxylic acids is 1. The summed E-state index contributed by atoms with van der Waals surface area (Å²) in [5.41, 5.74) is 0.562. The Kier molecular flexibility index (Phi) is 4.30. The van der Waals surface area contributed by atoms with Crippen molar-refractivity contribution in [3.8, 4) is 5.75 Å². The van der Waals surface area contributed by atoms with Crippen LogP contribution in [-0.2, 0) is 5.60 Å². The molecule has 0 saturated carbocycles. The molecule has 0 unspecified atom stereocenters. The summed E-state index contributed by atoms with van der Waals surface area (Å²) < 4.78 is 5.15. The normalized spacial score (nSPS) is 16.9. The molecule has 5 nitrogen and oxygen atoms in total. The number of nitrogens with zero attached hydrogens (tertiary/aromatic N) is 2. The van der Waals surface area contributed by atoms with E-state index in [1.165, 1.54) is 0 Å². The quantitative estimate of drug-likeness (QED) is 0.944. The summed E-state index contributed by atoms with van der Waals surface area (Å²) in [4.78, 5) is 18.2. The number of benzene rings is 1. The van der Waals surface area contributed by atoms with Crippen molar-refractivity contribution in [2.45, 2.75) is 18.4 Å². The molecule has 1 aromatic heterocycles. The van der Waals surface area contributed by atoms with Crippen LogP contribution >= 0.6 is 0 Å². The Morgan fingerprint density at radius 2 is 1.91 bits per heavy atom. The first kappa shape index (κ1) is 15.5. The Morgan fingerprint density at radius 1 is 1.22 bits per heavy atom. The van der Waals surface area contributed by atoms with Gasteiger partial charge in [-0.25, -0.2) is 0 Å². The third-order valence-corrected chi connectivity index (χ3v) is 4.41. The molecule has 23 heavy (non-hydrogen) atoms. The maximum absolute atomic E-state index is 12.4. The Bertz CT molecular complexity index is 662. The molecule has 1 aliphatic rings. The van der Waals surface area contributed by atoms with Crippen LogP contribution in [0.2, 0.25) is 0 Å². The SMILES string of the molecule is COc1ccc(C2(O)CCN(C(=O)c3cccnc3)CC2)cc1. The number of piperidine rings is 1. The van der Waals surface area contributed by atoms with Crippen LogP contribution in [-0.4, -0.2) is 41.1 Å². The van der Waals surface area contributed by atoms with Gasteiger partial charge in [-0.2, -0.15) is 0 Å². The molecule has 1 amide bonds. The summed E-state index contributed by atoms with van der Waals surface area (Å²) in [7, 11) is 1.62. The molecule has 0 atom stereocenters. The molecule has 1 saturated heterocycles. The average molecular weight is 312 g/mol. The third kappa shape index (κ3) is 3.19. The fraction of sp³-hybridized carbons (Fsp3) is 0.333. The minimum Gasteiger partial charge on any atom is -0.497 e. The summed E-state index contributed by atoms with van der Waals surface area (Å²) >= 11 is 0. The molecule has 1 fully saturated rings. The fourth-order valence-corrected chi connectivity index (χ4v) is 2.94. The number of pyridine rings is 1.